The maximum Gasteiger partial charge on any atom is 0.0431 e. The van der Waals surface area contributed by atoms with Crippen molar-refractivity contribution in [2.75, 3.05) is 37.0 Å². The van der Waals surface area contributed by atoms with Crippen LogP contribution in [0.1, 0.15) is 25.7 Å². The van der Waals surface area contributed by atoms with Crippen molar-refractivity contribution in [2.24, 2.45) is 0 Å². The first-order valence-electron chi connectivity index (χ1n) is 5.94. The molecule has 0 aromatic rings. The zero-order valence-electron chi connectivity index (χ0n) is 9.41. The van der Waals surface area contributed by atoms with Gasteiger partial charge in [-0.05, 0) is 19.4 Å². The Morgan fingerprint density at radius 1 is 1.13 bits per heavy atom. The number of hydrogen-bond donors (Lipinski definition) is 2. The van der Waals surface area contributed by atoms with Crippen molar-refractivity contribution in [3.63, 3.8) is 0 Å². The Balaban J connectivity index is 1.79. The van der Waals surface area contributed by atoms with Gasteiger partial charge in [0.1, 0.15) is 0 Å². The highest BCUT2D eigenvalue weighted by Gasteiger charge is 2.12. The van der Waals surface area contributed by atoms with Gasteiger partial charge in [0.05, 0.1) is 0 Å². The molecule has 1 rings (SSSR count). The highest BCUT2D eigenvalue weighted by atomic mass is 32.2. The molecule has 4 heteroatoms. The number of rotatable bonds is 8. The summed E-state index contributed by atoms with van der Waals surface area (Å²) in [5.74, 6) is 3.98. The lowest BCUT2D eigenvalue weighted by Crippen LogP contribution is -2.29. The fraction of sp³-hybridized carbons (Fsp3) is 1.00. The van der Waals surface area contributed by atoms with Gasteiger partial charge in [-0.15, -0.1) is 0 Å². The number of aliphatic hydroxyl groups is 1. The topological polar surface area (TPSA) is 32.3 Å². The molecular weight excluding hydrogens is 226 g/mol. The Kier molecular flexibility index (Phi) is 8.96. The average Bonchev–Trinajstić information content (AvgIpc) is 2.29. The summed E-state index contributed by atoms with van der Waals surface area (Å²) >= 11 is 4.21. The zero-order chi connectivity index (χ0) is 10.8. The van der Waals surface area contributed by atoms with Crippen LogP contribution < -0.4 is 5.32 Å². The van der Waals surface area contributed by atoms with Crippen molar-refractivity contribution >= 4 is 23.5 Å². The normalized spacial score (nSPS) is 21.8. The minimum atomic E-state index is 0.351. The van der Waals surface area contributed by atoms with E-state index >= 15 is 0 Å². The number of thioether (sulfide) groups is 2. The van der Waals surface area contributed by atoms with Crippen LogP contribution >= 0.6 is 23.5 Å². The molecule has 0 aliphatic carbocycles. The zero-order valence-corrected chi connectivity index (χ0v) is 11.0. The third kappa shape index (κ3) is 7.50. The summed E-state index contributed by atoms with van der Waals surface area (Å²) in [6.45, 7) is 2.67. The van der Waals surface area contributed by atoms with E-state index in [-0.39, 0.29) is 0 Å². The first-order chi connectivity index (χ1) is 7.43. The molecule has 2 nitrogen and oxygen atoms in total. The molecule has 1 atom stereocenters. The standard InChI is InChI=1S/C11H23NOS2/c13-6-4-2-1-3-5-12-9-11-10-14-7-8-15-11/h11-13H,1-10H2. The second-order valence-corrected chi connectivity index (χ2v) is 6.47. The number of unbranched alkanes of at least 4 members (excludes halogenated alkanes) is 3. The highest BCUT2D eigenvalue weighted by molar-refractivity contribution is 8.06. The molecule has 0 aromatic heterocycles. The molecule has 0 bridgehead atoms. The van der Waals surface area contributed by atoms with Crippen LogP contribution in [-0.4, -0.2) is 47.3 Å². The highest BCUT2D eigenvalue weighted by Crippen LogP contribution is 2.23. The van der Waals surface area contributed by atoms with E-state index in [0.29, 0.717) is 6.61 Å². The summed E-state index contributed by atoms with van der Waals surface area (Å²) in [6.07, 6.45) is 4.64. The lowest BCUT2D eigenvalue weighted by molar-refractivity contribution is 0.282. The van der Waals surface area contributed by atoms with E-state index in [4.69, 9.17) is 5.11 Å². The molecule has 1 aliphatic heterocycles. The minimum absolute atomic E-state index is 0.351. The molecule has 90 valence electrons. The Hall–Kier alpha value is 0.620. The van der Waals surface area contributed by atoms with Gasteiger partial charge >= 0.3 is 0 Å². The van der Waals surface area contributed by atoms with Gasteiger partial charge in [0.15, 0.2) is 0 Å². The van der Waals surface area contributed by atoms with E-state index in [1.165, 1.54) is 43.1 Å². The van der Waals surface area contributed by atoms with Crippen molar-refractivity contribution < 1.29 is 5.11 Å². The molecule has 1 heterocycles. The van der Waals surface area contributed by atoms with Gasteiger partial charge < -0.3 is 10.4 Å². The van der Waals surface area contributed by atoms with E-state index in [1.54, 1.807) is 0 Å². The summed E-state index contributed by atoms with van der Waals surface area (Å²) < 4.78 is 0. The van der Waals surface area contributed by atoms with Crippen molar-refractivity contribution in [1.82, 2.24) is 5.32 Å². The lowest BCUT2D eigenvalue weighted by atomic mass is 10.2. The van der Waals surface area contributed by atoms with Gasteiger partial charge in [-0.25, -0.2) is 0 Å². The third-order valence-electron chi connectivity index (χ3n) is 2.52. The fourth-order valence-electron chi connectivity index (χ4n) is 1.63. The van der Waals surface area contributed by atoms with E-state index < -0.39 is 0 Å². The number of hydrogen-bond acceptors (Lipinski definition) is 4. The molecule has 1 saturated heterocycles. The predicted molar refractivity (Wildman–Crippen MR) is 72.0 cm³/mol. The molecule has 1 fully saturated rings. The van der Waals surface area contributed by atoms with Crippen molar-refractivity contribution in [3.05, 3.63) is 0 Å². The van der Waals surface area contributed by atoms with Gasteiger partial charge in [-0.2, -0.15) is 23.5 Å². The maximum atomic E-state index is 8.62. The molecule has 15 heavy (non-hydrogen) atoms. The molecule has 0 spiro atoms. The monoisotopic (exact) mass is 249 g/mol. The molecule has 0 amide bonds. The van der Waals surface area contributed by atoms with Gasteiger partial charge in [-0.1, -0.05) is 12.8 Å². The largest absolute Gasteiger partial charge is 0.396 e. The molecule has 0 aromatic carbocycles. The first-order valence-corrected chi connectivity index (χ1v) is 8.15. The van der Waals surface area contributed by atoms with Gasteiger partial charge in [0, 0.05) is 35.7 Å². The van der Waals surface area contributed by atoms with Crippen LogP contribution in [-0.2, 0) is 0 Å². The fourth-order valence-corrected chi connectivity index (χ4v) is 4.28. The van der Waals surface area contributed by atoms with E-state index in [1.807, 2.05) is 0 Å². The lowest BCUT2D eigenvalue weighted by Gasteiger charge is -2.21. The SMILES string of the molecule is OCCCCCCNCC1CSCCS1. The predicted octanol–water partition coefficient (Wildman–Crippen LogP) is 1.98. The molecule has 1 unspecified atom stereocenters. The molecule has 0 saturated carbocycles. The van der Waals surface area contributed by atoms with Gasteiger partial charge in [0.25, 0.3) is 0 Å². The Morgan fingerprint density at radius 2 is 2.00 bits per heavy atom. The Bertz CT molecular complexity index is 141. The van der Waals surface area contributed by atoms with Crippen LogP contribution in [0, 0.1) is 0 Å². The second-order valence-electron chi connectivity index (χ2n) is 3.91. The van der Waals surface area contributed by atoms with Crippen LogP contribution in [0.25, 0.3) is 0 Å². The average molecular weight is 249 g/mol. The summed E-state index contributed by atoms with van der Waals surface area (Å²) in [5.41, 5.74) is 0. The maximum absolute atomic E-state index is 8.62. The van der Waals surface area contributed by atoms with Gasteiger partial charge in [0.2, 0.25) is 0 Å². The van der Waals surface area contributed by atoms with Crippen LogP contribution in [0.3, 0.4) is 0 Å². The Morgan fingerprint density at radius 3 is 2.73 bits per heavy atom. The summed E-state index contributed by atoms with van der Waals surface area (Å²) in [4.78, 5) is 0. The van der Waals surface area contributed by atoms with Crippen LogP contribution in [0.15, 0.2) is 0 Å². The summed E-state index contributed by atoms with van der Waals surface area (Å²) in [7, 11) is 0. The van der Waals surface area contributed by atoms with Crippen LogP contribution in [0.5, 0.6) is 0 Å². The van der Waals surface area contributed by atoms with Crippen molar-refractivity contribution in [2.45, 2.75) is 30.9 Å². The number of aliphatic hydroxyl groups excluding tert-OH is 1. The summed E-state index contributed by atoms with van der Waals surface area (Å²) in [6, 6.07) is 0. The second kappa shape index (κ2) is 9.82. The van der Waals surface area contributed by atoms with E-state index in [9.17, 15) is 0 Å². The number of nitrogens with one attached hydrogen (secondary N) is 1. The first kappa shape index (κ1) is 13.7. The summed E-state index contributed by atoms with van der Waals surface area (Å²) in [5, 5.41) is 13.0. The third-order valence-corrected chi connectivity index (χ3v) is 5.36. The molecule has 0 radical (unpaired) electrons. The van der Waals surface area contributed by atoms with Crippen LogP contribution in [0.4, 0.5) is 0 Å². The molecule has 1 aliphatic rings. The van der Waals surface area contributed by atoms with Crippen molar-refractivity contribution in [3.8, 4) is 0 Å². The van der Waals surface area contributed by atoms with Gasteiger partial charge in [-0.3, -0.25) is 0 Å². The van der Waals surface area contributed by atoms with Crippen molar-refractivity contribution in [1.29, 1.82) is 0 Å². The smallest absolute Gasteiger partial charge is 0.0431 e. The molecule has 2 N–H and O–H groups in total. The Labute approximate surface area is 102 Å². The van der Waals surface area contributed by atoms with Crippen LogP contribution in [0.2, 0.25) is 0 Å². The van der Waals surface area contributed by atoms with E-state index in [2.05, 4.69) is 28.8 Å². The molecular formula is C11H23NOS2. The van der Waals surface area contributed by atoms with E-state index in [0.717, 1.165) is 18.2 Å². The minimum Gasteiger partial charge on any atom is -0.396 e. The quantitative estimate of drug-likeness (QED) is 0.644.